The van der Waals surface area contributed by atoms with E-state index in [-0.39, 0.29) is 12.1 Å². The van der Waals surface area contributed by atoms with E-state index in [2.05, 4.69) is 35.1 Å². The van der Waals surface area contributed by atoms with Crippen LogP contribution in [0.4, 0.5) is 14.5 Å². The highest BCUT2D eigenvalue weighted by molar-refractivity contribution is 5.97. The highest BCUT2D eigenvalue weighted by atomic mass is 19.3. The van der Waals surface area contributed by atoms with Gasteiger partial charge in [-0.2, -0.15) is 0 Å². The fraction of sp³-hybridized carbons (Fsp3) is 0.526. The summed E-state index contributed by atoms with van der Waals surface area (Å²) in [6, 6.07) is 4.22. The number of fused-ring (bicyclic) bond motifs is 2. The SMILES string of the molecule is Cc1cc(C)c(N2C=C3C(=O)NC(N4CC5C(C4)C5(F)F)NC3N2)c(C)c1. The lowest BCUT2D eigenvalue weighted by Crippen LogP contribution is -2.67. The molecule has 1 aliphatic carbocycles. The van der Waals surface area contributed by atoms with E-state index >= 15 is 0 Å². The average Bonchev–Trinajstić information content (AvgIpc) is 3.00. The number of alkyl halides is 2. The van der Waals surface area contributed by atoms with Crippen molar-refractivity contribution in [3.05, 3.63) is 40.6 Å². The first-order valence-electron chi connectivity index (χ1n) is 9.29. The van der Waals surface area contributed by atoms with Crippen molar-refractivity contribution in [2.45, 2.75) is 39.1 Å². The first-order chi connectivity index (χ1) is 12.8. The Morgan fingerprint density at radius 3 is 2.37 bits per heavy atom. The molecule has 3 heterocycles. The summed E-state index contributed by atoms with van der Waals surface area (Å²) in [5.41, 5.74) is 8.38. The minimum atomic E-state index is -2.52. The van der Waals surface area contributed by atoms with E-state index in [0.717, 1.165) is 16.8 Å². The quantitative estimate of drug-likeness (QED) is 0.729. The van der Waals surface area contributed by atoms with Crippen molar-refractivity contribution < 1.29 is 13.6 Å². The first-order valence-corrected chi connectivity index (χ1v) is 9.29. The van der Waals surface area contributed by atoms with Crippen molar-refractivity contribution in [2.24, 2.45) is 11.8 Å². The minimum absolute atomic E-state index is 0.173. The zero-order valence-corrected chi connectivity index (χ0v) is 15.5. The lowest BCUT2D eigenvalue weighted by Gasteiger charge is -2.37. The average molecular weight is 375 g/mol. The number of benzene rings is 1. The molecule has 4 aliphatic rings. The van der Waals surface area contributed by atoms with Crippen LogP contribution in [-0.2, 0) is 4.79 Å². The fourth-order valence-corrected chi connectivity index (χ4v) is 4.81. The smallest absolute Gasteiger partial charge is 0.257 e. The Balaban J connectivity index is 1.33. The van der Waals surface area contributed by atoms with Crippen molar-refractivity contribution in [3.63, 3.8) is 0 Å². The van der Waals surface area contributed by atoms with Gasteiger partial charge in [-0.25, -0.2) is 14.2 Å². The second kappa shape index (κ2) is 5.50. The van der Waals surface area contributed by atoms with Crippen LogP contribution in [-0.4, -0.2) is 42.3 Å². The molecular weight excluding hydrogens is 352 g/mol. The maximum atomic E-state index is 13.5. The molecule has 4 unspecified atom stereocenters. The number of nitrogens with one attached hydrogen (secondary N) is 3. The summed E-state index contributed by atoms with van der Waals surface area (Å²) >= 11 is 0. The van der Waals surface area contributed by atoms with E-state index in [1.165, 1.54) is 5.56 Å². The van der Waals surface area contributed by atoms with Crippen LogP contribution >= 0.6 is 0 Å². The van der Waals surface area contributed by atoms with Crippen molar-refractivity contribution in [1.29, 1.82) is 0 Å². The molecule has 1 amide bonds. The van der Waals surface area contributed by atoms with Gasteiger partial charge >= 0.3 is 0 Å². The van der Waals surface area contributed by atoms with Crippen molar-refractivity contribution in [3.8, 4) is 0 Å². The molecule has 0 spiro atoms. The number of amides is 1. The Labute approximate surface area is 156 Å². The zero-order chi connectivity index (χ0) is 19.1. The third-order valence-corrected chi connectivity index (χ3v) is 6.17. The molecule has 27 heavy (non-hydrogen) atoms. The molecule has 4 atom stereocenters. The molecule has 6 nitrogen and oxygen atoms in total. The van der Waals surface area contributed by atoms with E-state index in [0.29, 0.717) is 18.7 Å². The molecule has 0 aromatic heterocycles. The Bertz CT molecular complexity index is 833. The highest BCUT2D eigenvalue weighted by Gasteiger charge is 2.72. The zero-order valence-electron chi connectivity index (χ0n) is 15.5. The molecule has 0 bridgehead atoms. The van der Waals surface area contributed by atoms with Crippen LogP contribution in [0.15, 0.2) is 23.9 Å². The molecule has 3 N–H and O–H groups in total. The number of piperidine rings is 1. The number of likely N-dealkylation sites (tertiary alicyclic amines) is 1. The second-order valence-corrected chi connectivity index (χ2v) is 8.15. The van der Waals surface area contributed by atoms with Gasteiger partial charge in [-0.1, -0.05) is 17.7 Å². The van der Waals surface area contributed by atoms with Gasteiger partial charge in [0.05, 0.1) is 11.3 Å². The van der Waals surface area contributed by atoms with E-state index in [1.54, 1.807) is 0 Å². The Kier molecular flexibility index (Phi) is 3.48. The van der Waals surface area contributed by atoms with Crippen LogP contribution in [0.1, 0.15) is 16.7 Å². The summed E-state index contributed by atoms with van der Waals surface area (Å²) in [5, 5.41) is 8.12. The fourth-order valence-electron chi connectivity index (χ4n) is 4.81. The molecule has 2 saturated heterocycles. The predicted octanol–water partition coefficient (Wildman–Crippen LogP) is 1.35. The molecule has 3 aliphatic heterocycles. The molecule has 3 fully saturated rings. The van der Waals surface area contributed by atoms with Gasteiger partial charge in [-0.05, 0) is 31.9 Å². The van der Waals surface area contributed by atoms with E-state index < -0.39 is 24.0 Å². The number of anilines is 1. The largest absolute Gasteiger partial charge is 0.324 e. The first kappa shape index (κ1) is 17.1. The maximum Gasteiger partial charge on any atom is 0.257 e. The summed E-state index contributed by atoms with van der Waals surface area (Å²) in [4.78, 5) is 14.5. The topological polar surface area (TPSA) is 59.6 Å². The normalized spacial score (nSPS) is 34.2. The summed E-state index contributed by atoms with van der Waals surface area (Å²) < 4.78 is 26.9. The third kappa shape index (κ3) is 2.50. The van der Waals surface area contributed by atoms with Gasteiger partial charge in [0.25, 0.3) is 11.8 Å². The Morgan fingerprint density at radius 2 is 1.74 bits per heavy atom. The van der Waals surface area contributed by atoms with Crippen LogP contribution in [0.5, 0.6) is 0 Å². The number of nitrogens with zero attached hydrogens (tertiary/aromatic N) is 2. The van der Waals surface area contributed by atoms with Gasteiger partial charge in [0.15, 0.2) is 0 Å². The van der Waals surface area contributed by atoms with Gasteiger partial charge in [0, 0.05) is 31.1 Å². The van der Waals surface area contributed by atoms with Crippen molar-refractivity contribution >= 4 is 11.6 Å². The van der Waals surface area contributed by atoms with Gasteiger partial charge < -0.3 is 5.32 Å². The third-order valence-electron chi connectivity index (χ3n) is 6.17. The van der Waals surface area contributed by atoms with E-state index in [1.807, 2.05) is 30.0 Å². The Morgan fingerprint density at radius 1 is 1.11 bits per heavy atom. The number of aryl methyl sites for hydroxylation is 3. The van der Waals surface area contributed by atoms with Crippen molar-refractivity contribution in [2.75, 3.05) is 18.1 Å². The van der Waals surface area contributed by atoms with Gasteiger partial charge in [-0.15, -0.1) is 0 Å². The summed E-state index contributed by atoms with van der Waals surface area (Å²) in [6.45, 7) is 6.76. The molecule has 1 aromatic carbocycles. The summed E-state index contributed by atoms with van der Waals surface area (Å²) in [6.07, 6.45) is 1.03. The number of carbonyl (C=O) groups excluding carboxylic acids is 1. The molecule has 0 radical (unpaired) electrons. The maximum absolute atomic E-state index is 13.5. The lowest BCUT2D eigenvalue weighted by atomic mass is 10.0. The number of carbonyl (C=O) groups is 1. The Hall–Kier alpha value is -2.03. The minimum Gasteiger partial charge on any atom is -0.324 e. The van der Waals surface area contributed by atoms with Crippen LogP contribution in [0, 0.1) is 32.6 Å². The standard InChI is InChI=1S/C19H23F2N5O/c1-9-4-10(2)15(11(3)5-9)26-6-12-16(24-26)22-18(23-17(12)27)25-7-13-14(8-25)19(13,20)21/h4-6,13-14,16,18,22,24H,7-8H2,1-3H3,(H,23,27). The molecule has 8 heteroatoms. The van der Waals surface area contributed by atoms with Gasteiger partial charge in [0.2, 0.25) is 0 Å². The van der Waals surface area contributed by atoms with E-state index in [4.69, 9.17) is 0 Å². The van der Waals surface area contributed by atoms with E-state index in [9.17, 15) is 13.6 Å². The van der Waals surface area contributed by atoms with Gasteiger partial charge in [0.1, 0.15) is 12.5 Å². The van der Waals surface area contributed by atoms with Crippen LogP contribution < -0.4 is 21.1 Å². The molecular formula is C19H23F2N5O. The monoisotopic (exact) mass is 375 g/mol. The summed E-state index contributed by atoms with van der Waals surface area (Å²) in [7, 11) is 0. The molecule has 144 valence electrons. The van der Waals surface area contributed by atoms with Crippen LogP contribution in [0.25, 0.3) is 0 Å². The van der Waals surface area contributed by atoms with Crippen molar-refractivity contribution in [1.82, 2.24) is 21.0 Å². The lowest BCUT2D eigenvalue weighted by molar-refractivity contribution is -0.122. The molecule has 5 rings (SSSR count). The number of halogens is 2. The molecule has 1 aromatic rings. The van der Waals surface area contributed by atoms with Crippen LogP contribution in [0.2, 0.25) is 0 Å². The number of rotatable bonds is 2. The molecule has 1 saturated carbocycles. The second-order valence-electron chi connectivity index (χ2n) is 8.15. The number of hydrogen-bond donors (Lipinski definition) is 3. The summed E-state index contributed by atoms with van der Waals surface area (Å²) in [5.74, 6) is -3.84. The van der Waals surface area contributed by atoms with Gasteiger partial charge in [-0.3, -0.25) is 20.0 Å². The predicted molar refractivity (Wildman–Crippen MR) is 96.7 cm³/mol. The number of hydrogen-bond acceptors (Lipinski definition) is 5. The highest BCUT2D eigenvalue weighted by Crippen LogP contribution is 2.59. The van der Waals surface area contributed by atoms with Crippen LogP contribution in [0.3, 0.4) is 0 Å². The number of hydrazine groups is 1.